The lowest BCUT2D eigenvalue weighted by Crippen LogP contribution is -2.67. The summed E-state index contributed by atoms with van der Waals surface area (Å²) in [5, 5.41) is 99.5. The van der Waals surface area contributed by atoms with Crippen LogP contribution in [0.25, 0.3) is 0 Å². The molecule has 4 amide bonds. The summed E-state index contributed by atoms with van der Waals surface area (Å²) < 4.78 is 33.1. The van der Waals surface area contributed by atoms with Crippen LogP contribution in [0.2, 0.25) is 0 Å². The quantitative estimate of drug-likeness (QED) is 0.0506. The Labute approximate surface area is 401 Å². The van der Waals surface area contributed by atoms with Crippen LogP contribution in [0.3, 0.4) is 0 Å². The molecule has 5 aliphatic rings. The molecule has 0 spiro atoms. The van der Waals surface area contributed by atoms with Crippen LogP contribution in [0.15, 0.2) is 6.20 Å². The third-order valence-electron chi connectivity index (χ3n) is 14.5. The first kappa shape index (κ1) is 54.8. The van der Waals surface area contributed by atoms with Crippen LogP contribution >= 0.6 is 0 Å². The van der Waals surface area contributed by atoms with Crippen molar-refractivity contribution >= 4 is 23.6 Å². The van der Waals surface area contributed by atoms with Crippen molar-refractivity contribution in [3.63, 3.8) is 0 Å². The van der Waals surface area contributed by atoms with Crippen molar-refractivity contribution in [2.24, 2.45) is 23.2 Å². The molecule has 0 radical (unpaired) electrons. The van der Waals surface area contributed by atoms with E-state index in [0.717, 1.165) is 38.5 Å². The Morgan fingerprint density at radius 3 is 2.17 bits per heavy atom. The van der Waals surface area contributed by atoms with E-state index < -0.39 is 141 Å². The van der Waals surface area contributed by atoms with Gasteiger partial charge in [-0.15, -0.1) is 5.10 Å². The number of rotatable bonds is 22. The topological polar surface area (TPSA) is 346 Å². The Morgan fingerprint density at radius 2 is 1.55 bits per heavy atom. The van der Waals surface area contributed by atoms with E-state index in [1.165, 1.54) is 24.7 Å². The standard InChI is InChI=1S/C45H75N7O17/c1-4-27-16-28(40(62)46-11-12-47-41(63)29-18-52(50-49-29)20-45(21-54,22-55)23-56)17-30(38(27)69-44-37(61)36(60)34(58)24(2)65-44)67-43-33(48-25(3)57)39(35(59)32(19-53)68-43)66-31(42(64)51-13-8-14-51)15-26-9-6-5-7-10-26/h18,24,26-28,30-39,43-44,53-56,58-61H,4-17,19-23H2,1-3H3,(H,46,62)(H,47,63)(H,48,57)/t24?,27-,28?,30?,31+,32+,33?,34?,35?,36?,37?,38?,39?,43-,44?/m1/s1. The van der Waals surface area contributed by atoms with Crippen molar-refractivity contribution in [3.8, 4) is 0 Å². The number of aliphatic hydroxyl groups excluding tert-OH is 8. The highest BCUT2D eigenvalue weighted by Crippen LogP contribution is 2.40. The number of likely N-dealkylation sites (tertiary alicyclic amines) is 1. The van der Waals surface area contributed by atoms with Crippen LogP contribution in [0.5, 0.6) is 0 Å². The molecular formula is C45H75N7O17. The Bertz CT molecular complexity index is 1810. The number of aliphatic hydroxyl groups is 8. The van der Waals surface area contributed by atoms with Gasteiger partial charge in [0.2, 0.25) is 11.8 Å². The number of amides is 4. The van der Waals surface area contributed by atoms with Crippen LogP contribution < -0.4 is 16.0 Å². The zero-order chi connectivity index (χ0) is 50.0. The molecule has 15 atom stereocenters. The van der Waals surface area contributed by atoms with Gasteiger partial charge >= 0.3 is 0 Å². The van der Waals surface area contributed by atoms with Crippen LogP contribution in [0, 0.1) is 23.2 Å². The van der Waals surface area contributed by atoms with E-state index in [1.807, 2.05) is 6.92 Å². The minimum absolute atomic E-state index is 0.0100. The molecular weight excluding hydrogens is 911 g/mol. The molecule has 5 fully saturated rings. The molecule has 1 aromatic rings. The minimum Gasteiger partial charge on any atom is -0.396 e. The summed E-state index contributed by atoms with van der Waals surface area (Å²) in [6.45, 7) is 3.33. The second-order valence-corrected chi connectivity index (χ2v) is 19.6. The van der Waals surface area contributed by atoms with Gasteiger partial charge in [0.1, 0.15) is 48.8 Å². The lowest BCUT2D eigenvalue weighted by Gasteiger charge is -2.49. The maximum Gasteiger partial charge on any atom is 0.273 e. The first-order chi connectivity index (χ1) is 33.0. The molecule has 3 aliphatic heterocycles. The second kappa shape index (κ2) is 25.2. The number of nitrogens with one attached hydrogen (secondary N) is 3. The number of ether oxygens (including phenoxy) is 5. The van der Waals surface area contributed by atoms with Crippen molar-refractivity contribution < 1.29 is 83.7 Å². The van der Waals surface area contributed by atoms with Gasteiger partial charge in [0.15, 0.2) is 18.3 Å². The fraction of sp³-hybridized carbons (Fsp3) is 0.867. The minimum atomic E-state index is -1.68. The molecule has 6 rings (SSSR count). The van der Waals surface area contributed by atoms with Gasteiger partial charge in [0.25, 0.3) is 11.8 Å². The van der Waals surface area contributed by atoms with E-state index in [1.54, 1.807) is 4.90 Å². The van der Waals surface area contributed by atoms with Gasteiger partial charge < -0.3 is 85.4 Å². The van der Waals surface area contributed by atoms with Gasteiger partial charge in [-0.05, 0) is 44.4 Å². The predicted molar refractivity (Wildman–Crippen MR) is 238 cm³/mol. The van der Waals surface area contributed by atoms with Crippen LogP contribution in [-0.4, -0.2) is 217 Å². The Kier molecular flexibility index (Phi) is 20.1. The van der Waals surface area contributed by atoms with E-state index in [2.05, 4.69) is 26.3 Å². The van der Waals surface area contributed by atoms with Crippen molar-refractivity contribution in [2.75, 3.05) is 52.6 Å². The van der Waals surface area contributed by atoms with Crippen molar-refractivity contribution in [1.29, 1.82) is 0 Å². The molecule has 2 aliphatic carbocycles. The SMILES string of the molecule is CC[C@@H]1CC(C(=O)NCCNC(=O)c2cn(CC(CO)(CO)CO)nn2)CC(O[C@@H]2O[C@@H](CO)C(O)C(O[C@@H](CC3CCCCC3)C(=O)N3CCC3)C2NC(C)=O)C1OC1OC(C)C(O)C(O)C1O. The molecule has 392 valence electrons. The number of nitrogens with zero attached hydrogens (tertiary/aromatic N) is 4. The van der Waals surface area contributed by atoms with Crippen LogP contribution in [0.1, 0.15) is 95.5 Å². The van der Waals surface area contributed by atoms with Gasteiger partial charge in [-0.2, -0.15) is 0 Å². The molecule has 24 nitrogen and oxygen atoms in total. The lowest BCUT2D eigenvalue weighted by molar-refractivity contribution is -0.338. The molecule has 24 heteroatoms. The largest absolute Gasteiger partial charge is 0.396 e. The molecule has 4 heterocycles. The van der Waals surface area contributed by atoms with Crippen molar-refractivity contribution in [2.45, 2.75) is 171 Å². The first-order valence-corrected chi connectivity index (χ1v) is 24.5. The molecule has 69 heavy (non-hydrogen) atoms. The average molecular weight is 986 g/mol. The first-order valence-electron chi connectivity index (χ1n) is 24.5. The van der Waals surface area contributed by atoms with Crippen molar-refractivity contribution in [1.82, 2.24) is 35.8 Å². The van der Waals surface area contributed by atoms with Gasteiger partial charge in [0, 0.05) is 39.0 Å². The highest BCUT2D eigenvalue weighted by molar-refractivity contribution is 5.91. The zero-order valence-corrected chi connectivity index (χ0v) is 39.8. The summed E-state index contributed by atoms with van der Waals surface area (Å²) in [7, 11) is 0. The average Bonchev–Trinajstić information content (AvgIpc) is 3.80. The maximum absolute atomic E-state index is 14.0. The molecule has 0 bridgehead atoms. The van der Waals surface area contributed by atoms with E-state index in [9.17, 15) is 60.0 Å². The van der Waals surface area contributed by atoms with Crippen molar-refractivity contribution in [3.05, 3.63) is 11.9 Å². The van der Waals surface area contributed by atoms with Gasteiger partial charge in [0.05, 0.1) is 62.9 Å². The number of hydrogen-bond donors (Lipinski definition) is 11. The summed E-state index contributed by atoms with van der Waals surface area (Å²) in [4.78, 5) is 55.5. The van der Waals surface area contributed by atoms with E-state index >= 15 is 0 Å². The van der Waals surface area contributed by atoms with Gasteiger partial charge in [-0.1, -0.05) is 50.7 Å². The molecule has 11 unspecified atom stereocenters. The summed E-state index contributed by atoms with van der Waals surface area (Å²) in [5.74, 6) is -2.81. The molecule has 11 N–H and O–H groups in total. The molecule has 1 aromatic heterocycles. The normalized spacial score (nSPS) is 33.8. The highest BCUT2D eigenvalue weighted by Gasteiger charge is 2.53. The summed E-state index contributed by atoms with van der Waals surface area (Å²) in [6.07, 6.45) is -7.62. The van der Waals surface area contributed by atoms with Gasteiger partial charge in [-0.3, -0.25) is 23.9 Å². The fourth-order valence-electron chi connectivity index (χ4n) is 10.0. The number of hydrogen-bond acceptors (Lipinski definition) is 19. The summed E-state index contributed by atoms with van der Waals surface area (Å²) in [6, 6.07) is -1.26. The number of aromatic nitrogens is 3. The Morgan fingerprint density at radius 1 is 0.855 bits per heavy atom. The van der Waals surface area contributed by atoms with E-state index in [4.69, 9.17) is 23.7 Å². The van der Waals surface area contributed by atoms with E-state index in [0.29, 0.717) is 25.9 Å². The number of carbonyl (C=O) groups is 4. The highest BCUT2D eigenvalue weighted by atomic mass is 16.7. The molecule has 2 saturated carbocycles. The third kappa shape index (κ3) is 13.5. The predicted octanol–water partition coefficient (Wildman–Crippen LogP) is -3.34. The summed E-state index contributed by atoms with van der Waals surface area (Å²) >= 11 is 0. The van der Waals surface area contributed by atoms with Crippen LogP contribution in [0.4, 0.5) is 0 Å². The Balaban J connectivity index is 1.21. The van der Waals surface area contributed by atoms with E-state index in [-0.39, 0.29) is 50.0 Å². The molecule has 0 aromatic carbocycles. The molecule has 3 saturated heterocycles. The third-order valence-corrected chi connectivity index (χ3v) is 14.5. The van der Waals surface area contributed by atoms with Crippen LogP contribution in [-0.2, 0) is 44.6 Å². The lowest BCUT2D eigenvalue weighted by atomic mass is 9.75. The fourth-order valence-corrected chi connectivity index (χ4v) is 10.0. The zero-order valence-electron chi connectivity index (χ0n) is 39.8. The smallest absolute Gasteiger partial charge is 0.273 e. The maximum atomic E-state index is 14.0. The monoisotopic (exact) mass is 986 g/mol. The second-order valence-electron chi connectivity index (χ2n) is 19.6. The Hall–Kier alpha value is -3.50. The van der Waals surface area contributed by atoms with Gasteiger partial charge in [-0.25, -0.2) is 0 Å². The number of carbonyl (C=O) groups excluding carboxylic acids is 4. The summed E-state index contributed by atoms with van der Waals surface area (Å²) in [5.41, 5.74) is -1.36.